The molecule has 0 aromatic heterocycles. The predicted octanol–water partition coefficient (Wildman–Crippen LogP) is 3.79. The lowest BCUT2D eigenvalue weighted by Crippen LogP contribution is -2.53. The molecular weight excluding hydrogens is 658 g/mol. The van der Waals surface area contributed by atoms with Gasteiger partial charge in [0.25, 0.3) is 11.8 Å². The average Bonchev–Trinajstić information content (AvgIpc) is 3.15. The summed E-state index contributed by atoms with van der Waals surface area (Å²) in [5.41, 5.74) is 6.14. The fourth-order valence-electron chi connectivity index (χ4n) is 5.52. The SMILES string of the molecule is CCC(C)(C)C(=O)C(=O)N1CCCCC1C(=O)O[C@H](CCc1ccc(OC)c(OC)c1)c1cccc(OCC(=O)NCCOCCOCCN)c1. The number of hydrogen-bond donors (Lipinski definition) is 2. The van der Waals surface area contributed by atoms with E-state index in [1.54, 1.807) is 46.3 Å². The number of methoxy groups -OCH3 is 2. The van der Waals surface area contributed by atoms with Crippen LogP contribution in [0.2, 0.25) is 0 Å². The number of carbonyl (C=O) groups is 4. The van der Waals surface area contributed by atoms with Gasteiger partial charge in [-0.15, -0.1) is 0 Å². The third kappa shape index (κ3) is 12.8. The van der Waals surface area contributed by atoms with Gasteiger partial charge < -0.3 is 44.4 Å². The van der Waals surface area contributed by atoms with E-state index < -0.39 is 35.2 Å². The molecular formula is C38H55N3O10. The smallest absolute Gasteiger partial charge is 0.329 e. The van der Waals surface area contributed by atoms with Gasteiger partial charge in [0, 0.05) is 25.0 Å². The maximum atomic E-state index is 13.9. The highest BCUT2D eigenvalue weighted by atomic mass is 16.5. The Morgan fingerprint density at radius 3 is 2.41 bits per heavy atom. The van der Waals surface area contributed by atoms with Gasteiger partial charge in [-0.05, 0) is 73.9 Å². The van der Waals surface area contributed by atoms with Crippen LogP contribution in [0.1, 0.15) is 70.1 Å². The summed E-state index contributed by atoms with van der Waals surface area (Å²) in [4.78, 5) is 54.2. The highest BCUT2D eigenvalue weighted by Gasteiger charge is 2.41. The Balaban J connectivity index is 1.73. The number of hydrogen-bond acceptors (Lipinski definition) is 11. The van der Waals surface area contributed by atoms with Gasteiger partial charge in [0.15, 0.2) is 18.1 Å². The van der Waals surface area contributed by atoms with Crippen molar-refractivity contribution in [2.45, 2.75) is 71.4 Å². The molecule has 2 aromatic carbocycles. The van der Waals surface area contributed by atoms with Crippen LogP contribution >= 0.6 is 0 Å². The molecule has 1 aliphatic rings. The fourth-order valence-corrected chi connectivity index (χ4v) is 5.52. The Kier molecular flexibility index (Phi) is 17.2. The number of amides is 2. The van der Waals surface area contributed by atoms with Gasteiger partial charge in [-0.3, -0.25) is 14.4 Å². The summed E-state index contributed by atoms with van der Waals surface area (Å²) in [5, 5.41) is 2.75. The number of nitrogens with one attached hydrogen (secondary N) is 1. The van der Waals surface area contributed by atoms with Gasteiger partial charge in [0.2, 0.25) is 5.78 Å². The molecule has 0 radical (unpaired) electrons. The minimum absolute atomic E-state index is 0.222. The van der Waals surface area contributed by atoms with E-state index >= 15 is 0 Å². The van der Waals surface area contributed by atoms with Gasteiger partial charge in [-0.1, -0.05) is 39.0 Å². The Hall–Kier alpha value is -4.20. The van der Waals surface area contributed by atoms with Crippen LogP contribution in [0.15, 0.2) is 42.5 Å². The monoisotopic (exact) mass is 713 g/mol. The van der Waals surface area contributed by atoms with Crippen molar-refractivity contribution in [2.24, 2.45) is 11.1 Å². The first-order valence-electron chi connectivity index (χ1n) is 17.7. The normalized spacial score (nSPS) is 15.1. The summed E-state index contributed by atoms with van der Waals surface area (Å²) in [6.45, 7) is 7.83. The van der Waals surface area contributed by atoms with Crippen molar-refractivity contribution < 1.29 is 47.6 Å². The maximum absolute atomic E-state index is 13.9. The standard InChI is InChI=1S/C38H55N3O10/c1-6-38(2,3)35(43)36(44)41-19-8-7-12-30(41)37(45)51-31(15-13-27-14-16-32(46-4)33(24-27)47-5)28-10-9-11-29(25-28)50-26-34(42)40-18-21-49-23-22-48-20-17-39/h9-11,14,16,24-25,30-31H,6-8,12-13,15,17-23,26,39H2,1-5H3,(H,40,42)/t30?,31-/m1/s1. The van der Waals surface area contributed by atoms with E-state index in [4.69, 9.17) is 34.2 Å². The fraction of sp³-hybridized carbons (Fsp3) is 0.579. The summed E-state index contributed by atoms with van der Waals surface area (Å²) in [6.07, 6.45) is 2.51. The molecule has 0 aliphatic carbocycles. The van der Waals surface area contributed by atoms with E-state index in [-0.39, 0.29) is 12.5 Å². The van der Waals surface area contributed by atoms with Gasteiger partial charge in [0.05, 0.1) is 40.6 Å². The summed E-state index contributed by atoms with van der Waals surface area (Å²) in [7, 11) is 3.14. The number of rotatable bonds is 22. The zero-order chi connectivity index (χ0) is 37.2. The number of ether oxygens (including phenoxy) is 6. The zero-order valence-electron chi connectivity index (χ0n) is 30.7. The van der Waals surface area contributed by atoms with Gasteiger partial charge in [-0.25, -0.2) is 4.79 Å². The molecule has 2 amide bonds. The number of Topliss-reactive ketones (excluding diaryl/α,β-unsaturated/α-hetero) is 1. The zero-order valence-corrected chi connectivity index (χ0v) is 30.7. The molecule has 1 unspecified atom stereocenters. The highest BCUT2D eigenvalue weighted by Crippen LogP contribution is 2.32. The van der Waals surface area contributed by atoms with E-state index in [2.05, 4.69) is 5.32 Å². The van der Waals surface area contributed by atoms with Crippen molar-refractivity contribution in [1.29, 1.82) is 0 Å². The van der Waals surface area contributed by atoms with Crippen molar-refractivity contribution >= 4 is 23.6 Å². The van der Waals surface area contributed by atoms with Crippen molar-refractivity contribution in [3.8, 4) is 17.2 Å². The first-order chi connectivity index (χ1) is 24.5. The molecule has 1 saturated heterocycles. The number of aryl methyl sites for hydroxylation is 1. The number of benzene rings is 2. The molecule has 13 heteroatoms. The second kappa shape index (κ2) is 21.2. The lowest BCUT2D eigenvalue weighted by atomic mass is 9.84. The summed E-state index contributed by atoms with van der Waals surface area (Å²) < 4.78 is 33.5. The molecule has 3 rings (SSSR count). The number of piperidine rings is 1. The number of carbonyl (C=O) groups excluding carboxylic acids is 4. The number of nitrogens with zero attached hydrogens (tertiary/aromatic N) is 1. The van der Waals surface area contributed by atoms with Crippen molar-refractivity contribution in [3.05, 3.63) is 53.6 Å². The second-order valence-electron chi connectivity index (χ2n) is 13.0. The van der Waals surface area contributed by atoms with E-state index in [0.29, 0.717) is 101 Å². The van der Waals surface area contributed by atoms with Crippen LogP contribution in [0.4, 0.5) is 0 Å². The summed E-state index contributed by atoms with van der Waals surface area (Å²) >= 11 is 0. The summed E-state index contributed by atoms with van der Waals surface area (Å²) in [6, 6.07) is 11.8. The van der Waals surface area contributed by atoms with Crippen molar-refractivity contribution in [1.82, 2.24) is 10.2 Å². The number of likely N-dealkylation sites (tertiary alicyclic amines) is 1. The van der Waals surface area contributed by atoms with Crippen LogP contribution in [-0.2, 0) is 39.8 Å². The van der Waals surface area contributed by atoms with E-state index in [1.807, 2.05) is 31.2 Å². The predicted molar refractivity (Wildman–Crippen MR) is 191 cm³/mol. The quantitative estimate of drug-likeness (QED) is 0.104. The van der Waals surface area contributed by atoms with Crippen LogP contribution in [0.25, 0.3) is 0 Å². The minimum Gasteiger partial charge on any atom is -0.493 e. The molecule has 2 aromatic rings. The topological polar surface area (TPSA) is 165 Å². The molecule has 0 spiro atoms. The van der Waals surface area contributed by atoms with Crippen LogP contribution in [-0.4, -0.2) is 101 Å². The Bertz CT molecular complexity index is 1430. The molecule has 1 aliphatic heterocycles. The molecule has 0 bridgehead atoms. The minimum atomic E-state index is -0.878. The van der Waals surface area contributed by atoms with Crippen molar-refractivity contribution in [2.75, 3.05) is 66.9 Å². The first-order valence-corrected chi connectivity index (χ1v) is 17.7. The van der Waals surface area contributed by atoms with Crippen LogP contribution in [0.5, 0.6) is 17.2 Å². The third-order valence-electron chi connectivity index (χ3n) is 8.93. The lowest BCUT2D eigenvalue weighted by Gasteiger charge is -2.36. The second-order valence-corrected chi connectivity index (χ2v) is 13.0. The molecule has 2 atom stereocenters. The highest BCUT2D eigenvalue weighted by molar-refractivity contribution is 6.38. The summed E-state index contributed by atoms with van der Waals surface area (Å²) in [5.74, 6) is -0.446. The van der Waals surface area contributed by atoms with Crippen molar-refractivity contribution in [3.63, 3.8) is 0 Å². The van der Waals surface area contributed by atoms with Crippen LogP contribution in [0.3, 0.4) is 0 Å². The number of esters is 1. The molecule has 13 nitrogen and oxygen atoms in total. The Morgan fingerprint density at radius 2 is 1.71 bits per heavy atom. The molecule has 1 fully saturated rings. The Morgan fingerprint density at radius 1 is 0.961 bits per heavy atom. The average molecular weight is 714 g/mol. The van der Waals surface area contributed by atoms with Crippen LogP contribution < -0.4 is 25.3 Å². The Labute approximate surface area is 301 Å². The van der Waals surface area contributed by atoms with Gasteiger partial charge in [0.1, 0.15) is 17.9 Å². The van der Waals surface area contributed by atoms with E-state index in [0.717, 1.165) is 12.0 Å². The first kappa shape index (κ1) is 41.2. The molecule has 3 N–H and O–H groups in total. The number of nitrogens with two attached hydrogens (primary N) is 1. The van der Waals surface area contributed by atoms with E-state index in [1.165, 1.54) is 4.90 Å². The molecule has 282 valence electrons. The largest absolute Gasteiger partial charge is 0.493 e. The van der Waals surface area contributed by atoms with E-state index in [9.17, 15) is 19.2 Å². The maximum Gasteiger partial charge on any atom is 0.329 e. The van der Waals surface area contributed by atoms with Gasteiger partial charge >= 0.3 is 5.97 Å². The lowest BCUT2D eigenvalue weighted by molar-refractivity contribution is -0.164. The molecule has 51 heavy (non-hydrogen) atoms. The third-order valence-corrected chi connectivity index (χ3v) is 8.93. The van der Waals surface area contributed by atoms with Crippen LogP contribution in [0, 0.1) is 5.41 Å². The van der Waals surface area contributed by atoms with Gasteiger partial charge in [-0.2, -0.15) is 0 Å². The number of ketones is 1. The molecule has 0 saturated carbocycles. The molecule has 1 heterocycles.